The summed E-state index contributed by atoms with van der Waals surface area (Å²) in [6.45, 7) is -0.655. The van der Waals surface area contributed by atoms with Gasteiger partial charge < -0.3 is 10.2 Å². The minimum Gasteiger partial charge on any atom is -0.324 e. The van der Waals surface area contributed by atoms with Crippen LogP contribution >= 0.6 is 23.2 Å². The van der Waals surface area contributed by atoms with Crippen molar-refractivity contribution in [3.63, 3.8) is 0 Å². The summed E-state index contributed by atoms with van der Waals surface area (Å²) in [6, 6.07) is 11.0. The fourth-order valence-corrected chi connectivity index (χ4v) is 5.26. The van der Waals surface area contributed by atoms with Gasteiger partial charge in [0.1, 0.15) is 19.1 Å². The van der Waals surface area contributed by atoms with Crippen LogP contribution in [0.4, 0.5) is 11.4 Å². The zero-order valence-electron chi connectivity index (χ0n) is 22.5. The Bertz CT molecular complexity index is 1840. The van der Waals surface area contributed by atoms with E-state index < -0.39 is 23.8 Å². The molecule has 13 nitrogen and oxygen atoms in total. The molecule has 42 heavy (non-hydrogen) atoms. The van der Waals surface area contributed by atoms with Crippen LogP contribution < -0.4 is 10.2 Å². The molecular weight excluding hydrogens is 583 g/mol. The summed E-state index contributed by atoms with van der Waals surface area (Å²) in [6.07, 6.45) is 5.19. The molecule has 214 valence electrons. The van der Waals surface area contributed by atoms with Gasteiger partial charge in [0, 0.05) is 49.0 Å². The number of rotatable bonds is 7. The van der Waals surface area contributed by atoms with Gasteiger partial charge in [-0.3, -0.25) is 28.6 Å². The summed E-state index contributed by atoms with van der Waals surface area (Å²) in [5.74, 6) is -1.27. The normalized spacial score (nSPS) is 14.6. The third-order valence-electron chi connectivity index (χ3n) is 6.90. The number of aromatic nitrogens is 7. The molecule has 1 fully saturated rings. The minimum atomic E-state index is -1.00. The van der Waals surface area contributed by atoms with E-state index in [0.717, 1.165) is 10.9 Å². The zero-order chi connectivity index (χ0) is 29.5. The second kappa shape index (κ2) is 10.9. The van der Waals surface area contributed by atoms with Crippen molar-refractivity contribution in [1.82, 2.24) is 39.5 Å². The SMILES string of the molecule is Cn1ccc(C[C@H](C(=O)Nc2ccc3nn(C)cc3c2)N2CC(=O)N(c3cc(Cl)ccc3-n3cc(Cl)nn3)CC2=O)n1. The summed E-state index contributed by atoms with van der Waals surface area (Å²) in [5.41, 5.74) is 2.74. The van der Waals surface area contributed by atoms with E-state index >= 15 is 0 Å². The second-order valence-electron chi connectivity index (χ2n) is 9.89. The molecule has 1 atom stereocenters. The number of benzene rings is 2. The van der Waals surface area contributed by atoms with Crippen molar-refractivity contribution >= 4 is 63.2 Å². The number of nitrogens with zero attached hydrogens (tertiary/aromatic N) is 9. The summed E-state index contributed by atoms with van der Waals surface area (Å²) >= 11 is 12.2. The number of aryl methyl sites for hydroxylation is 2. The largest absolute Gasteiger partial charge is 0.324 e. The Morgan fingerprint density at radius 2 is 1.79 bits per heavy atom. The second-order valence-corrected chi connectivity index (χ2v) is 10.7. The van der Waals surface area contributed by atoms with E-state index in [0.29, 0.717) is 27.8 Å². The van der Waals surface area contributed by atoms with Crippen LogP contribution in [0.25, 0.3) is 16.6 Å². The van der Waals surface area contributed by atoms with Crippen LogP contribution in [0.5, 0.6) is 0 Å². The molecule has 0 bridgehead atoms. The molecule has 15 heteroatoms. The molecule has 6 rings (SSSR count). The van der Waals surface area contributed by atoms with E-state index in [-0.39, 0.29) is 24.7 Å². The predicted molar refractivity (Wildman–Crippen MR) is 155 cm³/mol. The molecule has 0 unspecified atom stereocenters. The lowest BCUT2D eigenvalue weighted by Crippen LogP contribution is -2.60. The Morgan fingerprint density at radius 1 is 0.952 bits per heavy atom. The third kappa shape index (κ3) is 5.43. The van der Waals surface area contributed by atoms with Crippen LogP contribution in [0.2, 0.25) is 10.2 Å². The average Bonchev–Trinajstić information content (AvgIpc) is 3.67. The minimum absolute atomic E-state index is 0.112. The Morgan fingerprint density at radius 3 is 2.52 bits per heavy atom. The molecule has 5 aromatic rings. The molecule has 0 saturated carbocycles. The van der Waals surface area contributed by atoms with Gasteiger partial charge >= 0.3 is 0 Å². The third-order valence-corrected chi connectivity index (χ3v) is 7.31. The quantitative estimate of drug-likeness (QED) is 0.301. The van der Waals surface area contributed by atoms with Crippen molar-refractivity contribution in [2.45, 2.75) is 12.5 Å². The van der Waals surface area contributed by atoms with E-state index in [1.165, 1.54) is 20.7 Å². The van der Waals surface area contributed by atoms with Crippen LogP contribution in [0.3, 0.4) is 0 Å². The van der Waals surface area contributed by atoms with Gasteiger partial charge in [-0.15, -0.1) is 5.10 Å². The van der Waals surface area contributed by atoms with Gasteiger partial charge in [-0.25, -0.2) is 4.68 Å². The molecule has 0 spiro atoms. The summed E-state index contributed by atoms with van der Waals surface area (Å²) < 4.78 is 4.70. The van der Waals surface area contributed by atoms with Crippen molar-refractivity contribution in [2.75, 3.05) is 23.3 Å². The first-order chi connectivity index (χ1) is 20.1. The Labute approximate surface area is 249 Å². The molecule has 0 radical (unpaired) electrons. The smallest absolute Gasteiger partial charge is 0.247 e. The van der Waals surface area contributed by atoms with Crippen LogP contribution in [0.15, 0.2) is 61.1 Å². The van der Waals surface area contributed by atoms with Gasteiger partial charge in [0.05, 0.1) is 28.8 Å². The van der Waals surface area contributed by atoms with E-state index in [9.17, 15) is 14.4 Å². The van der Waals surface area contributed by atoms with Crippen LogP contribution in [-0.2, 0) is 34.9 Å². The van der Waals surface area contributed by atoms with Crippen molar-refractivity contribution in [1.29, 1.82) is 0 Å². The first-order valence-corrected chi connectivity index (χ1v) is 13.6. The number of carbonyl (C=O) groups is 3. The molecule has 2 aromatic carbocycles. The number of hydrogen-bond donors (Lipinski definition) is 1. The molecule has 3 amide bonds. The van der Waals surface area contributed by atoms with Crippen molar-refractivity contribution in [3.8, 4) is 5.69 Å². The highest BCUT2D eigenvalue weighted by molar-refractivity contribution is 6.31. The van der Waals surface area contributed by atoms with Gasteiger partial charge in [-0.2, -0.15) is 10.2 Å². The van der Waals surface area contributed by atoms with Crippen LogP contribution in [-0.4, -0.2) is 76.3 Å². The number of halogens is 2. The van der Waals surface area contributed by atoms with Gasteiger partial charge in [-0.05, 0) is 42.5 Å². The summed E-state index contributed by atoms with van der Waals surface area (Å²) in [5, 5.41) is 20.8. The number of fused-ring (bicyclic) bond motifs is 1. The highest BCUT2D eigenvalue weighted by Gasteiger charge is 2.39. The molecule has 1 aliphatic rings. The fourth-order valence-electron chi connectivity index (χ4n) is 4.97. The van der Waals surface area contributed by atoms with E-state index in [1.54, 1.807) is 65.1 Å². The molecule has 1 N–H and O–H groups in total. The van der Waals surface area contributed by atoms with E-state index in [2.05, 4.69) is 25.8 Å². The molecular formula is C27H24Cl2N10O3. The van der Waals surface area contributed by atoms with Gasteiger partial charge in [-0.1, -0.05) is 28.4 Å². The summed E-state index contributed by atoms with van der Waals surface area (Å²) in [7, 11) is 3.58. The standard InChI is InChI=1S/C27H24Cl2N10O3/c1-35-8-7-19(32-35)11-23(27(42)30-18-4-5-20-16(9-18)12-36(2)33-20)38-15-25(40)37(14-26(38)41)22-10-17(28)3-6-21(22)39-13-24(29)31-34-39/h3-10,12-13,23H,11,14-15H2,1-2H3,(H,30,42)/t23-/m1/s1. The number of amides is 3. The number of carbonyl (C=O) groups excluding carboxylic acids is 3. The van der Waals surface area contributed by atoms with Gasteiger partial charge in [0.2, 0.25) is 17.7 Å². The average molecular weight is 607 g/mol. The predicted octanol–water partition coefficient (Wildman–Crippen LogP) is 2.62. The summed E-state index contributed by atoms with van der Waals surface area (Å²) in [4.78, 5) is 43.6. The lowest BCUT2D eigenvalue weighted by atomic mass is 10.1. The fraction of sp³-hybridized carbons (Fsp3) is 0.222. The Kier molecular flexibility index (Phi) is 7.12. The van der Waals surface area contributed by atoms with Gasteiger partial charge in [0.15, 0.2) is 5.15 Å². The number of piperazine rings is 1. The molecule has 0 aliphatic carbocycles. The van der Waals surface area contributed by atoms with Crippen molar-refractivity contribution in [3.05, 3.63) is 76.9 Å². The maximum atomic E-state index is 13.7. The van der Waals surface area contributed by atoms with Crippen molar-refractivity contribution in [2.24, 2.45) is 14.1 Å². The number of anilines is 2. The zero-order valence-corrected chi connectivity index (χ0v) is 24.0. The topological polar surface area (TPSA) is 136 Å². The lowest BCUT2D eigenvalue weighted by Gasteiger charge is -2.38. The molecule has 1 saturated heterocycles. The maximum Gasteiger partial charge on any atom is 0.247 e. The van der Waals surface area contributed by atoms with E-state index in [1.807, 2.05) is 13.2 Å². The first kappa shape index (κ1) is 27.4. The maximum absolute atomic E-state index is 13.7. The number of nitrogens with one attached hydrogen (secondary N) is 1. The first-order valence-electron chi connectivity index (χ1n) is 12.8. The lowest BCUT2D eigenvalue weighted by molar-refractivity contribution is -0.143. The molecule has 3 aromatic heterocycles. The highest BCUT2D eigenvalue weighted by Crippen LogP contribution is 2.30. The van der Waals surface area contributed by atoms with Crippen LogP contribution in [0, 0.1) is 0 Å². The van der Waals surface area contributed by atoms with Crippen molar-refractivity contribution < 1.29 is 14.4 Å². The Hall–Kier alpha value is -4.75. The Balaban J connectivity index is 1.29. The van der Waals surface area contributed by atoms with Gasteiger partial charge in [0.25, 0.3) is 0 Å². The number of hydrogen-bond acceptors (Lipinski definition) is 7. The monoisotopic (exact) mass is 606 g/mol. The van der Waals surface area contributed by atoms with Crippen LogP contribution in [0.1, 0.15) is 5.69 Å². The van der Waals surface area contributed by atoms with E-state index in [4.69, 9.17) is 23.2 Å². The molecule has 4 heterocycles. The molecule has 1 aliphatic heterocycles. The highest BCUT2D eigenvalue weighted by atomic mass is 35.5.